The van der Waals surface area contributed by atoms with E-state index in [4.69, 9.17) is 0 Å². The quantitative estimate of drug-likeness (QED) is 0.677. The fourth-order valence-corrected chi connectivity index (χ4v) is 5.65. The number of rotatable bonds is 1. The van der Waals surface area contributed by atoms with Gasteiger partial charge < -0.3 is 4.90 Å². The number of hydrogen-bond donors (Lipinski definition) is 0. The lowest BCUT2D eigenvalue weighted by molar-refractivity contribution is 0.312. The van der Waals surface area contributed by atoms with E-state index in [0.717, 1.165) is 0 Å². The molecule has 2 heteroatoms. The van der Waals surface area contributed by atoms with Crippen molar-refractivity contribution in [2.75, 3.05) is 20.1 Å². The molecule has 2 aromatic carbocycles. The molecule has 0 amide bonds. The number of hydrogen-bond acceptors (Lipinski definition) is 2. The smallest absolute Gasteiger partial charge is 0.0681 e. The Morgan fingerprint density at radius 2 is 1.71 bits per heavy atom. The molecule has 2 aliphatic rings. The van der Waals surface area contributed by atoms with Crippen LogP contribution in [0.3, 0.4) is 0 Å². The maximum absolute atomic E-state index is 2.45. The Hall–Kier alpha value is -1.51. The predicted molar refractivity (Wildman–Crippen MR) is 104 cm³/mol. The van der Waals surface area contributed by atoms with Crippen LogP contribution in [0.2, 0.25) is 0 Å². The molecular formula is C22H25NS. The van der Waals surface area contributed by atoms with Crippen molar-refractivity contribution in [3.05, 3.63) is 70.8 Å². The molecule has 2 aliphatic heterocycles. The minimum atomic E-state index is 0.0304. The third kappa shape index (κ3) is 2.62. The monoisotopic (exact) mass is 335 g/mol. The van der Waals surface area contributed by atoms with Gasteiger partial charge in [-0.3, -0.25) is 0 Å². The number of benzene rings is 2. The second kappa shape index (κ2) is 6.09. The summed E-state index contributed by atoms with van der Waals surface area (Å²) in [6.07, 6.45) is 2.39. The van der Waals surface area contributed by atoms with Crippen molar-refractivity contribution in [1.82, 2.24) is 4.90 Å². The van der Waals surface area contributed by atoms with E-state index in [-0.39, 0.29) is 4.75 Å². The maximum Gasteiger partial charge on any atom is 0.0681 e. The van der Waals surface area contributed by atoms with Crippen molar-refractivity contribution in [2.45, 2.75) is 36.3 Å². The van der Waals surface area contributed by atoms with Crippen LogP contribution < -0.4 is 0 Å². The van der Waals surface area contributed by atoms with Crippen LogP contribution in [0.4, 0.5) is 0 Å². The summed E-state index contributed by atoms with van der Waals surface area (Å²) >= 11 is 2.04. The average Bonchev–Trinajstić information content (AvgIpc) is 2.89. The molecular weight excluding hydrogens is 310 g/mol. The molecule has 0 bridgehead atoms. The first kappa shape index (κ1) is 16.0. The minimum Gasteiger partial charge on any atom is -0.306 e. The Bertz CT molecular complexity index is 783. The van der Waals surface area contributed by atoms with Gasteiger partial charge in [0.15, 0.2) is 0 Å². The molecule has 0 aliphatic carbocycles. The van der Waals surface area contributed by atoms with Crippen LogP contribution in [0.15, 0.2) is 59.0 Å². The highest BCUT2D eigenvalue weighted by molar-refractivity contribution is 8.01. The standard InChI is InChI=1S/C22H25NS/c1-16-9-10-19-20(15-16)24-22(2,18-7-5-4-6-8-18)21(19)17-11-13-23(3)14-12-17/h4-10,15H,11-14H2,1-3H3. The molecule has 2 aromatic rings. The van der Waals surface area contributed by atoms with E-state index in [2.05, 4.69) is 74.3 Å². The Kier molecular flexibility index (Phi) is 4.06. The van der Waals surface area contributed by atoms with Gasteiger partial charge in [0.05, 0.1) is 4.75 Å². The first-order valence-corrected chi connectivity index (χ1v) is 9.66. The summed E-state index contributed by atoms with van der Waals surface area (Å²) < 4.78 is 0.0304. The van der Waals surface area contributed by atoms with Gasteiger partial charge in [-0.25, -0.2) is 0 Å². The van der Waals surface area contributed by atoms with Gasteiger partial charge in [0.2, 0.25) is 0 Å². The molecule has 1 saturated heterocycles. The molecule has 1 unspecified atom stereocenters. The van der Waals surface area contributed by atoms with E-state index in [9.17, 15) is 0 Å². The van der Waals surface area contributed by atoms with Gasteiger partial charge >= 0.3 is 0 Å². The summed E-state index contributed by atoms with van der Waals surface area (Å²) in [5.41, 5.74) is 7.49. The van der Waals surface area contributed by atoms with Gasteiger partial charge in [-0.05, 0) is 62.1 Å². The first-order chi connectivity index (χ1) is 11.6. The number of likely N-dealkylation sites (tertiary alicyclic amines) is 1. The lowest BCUT2D eigenvalue weighted by Crippen LogP contribution is -2.28. The molecule has 0 aromatic heterocycles. The Balaban J connectivity index is 1.90. The predicted octanol–water partition coefficient (Wildman–Crippen LogP) is 5.50. The molecule has 0 radical (unpaired) electrons. The number of fused-ring (bicyclic) bond motifs is 1. The third-order valence-corrected chi connectivity index (χ3v) is 6.87. The second-order valence-corrected chi connectivity index (χ2v) is 8.74. The highest BCUT2D eigenvalue weighted by atomic mass is 32.2. The molecule has 124 valence electrons. The van der Waals surface area contributed by atoms with Crippen LogP contribution in [0.1, 0.15) is 36.5 Å². The van der Waals surface area contributed by atoms with Crippen molar-refractivity contribution in [2.24, 2.45) is 0 Å². The topological polar surface area (TPSA) is 3.24 Å². The van der Waals surface area contributed by atoms with E-state index < -0.39 is 0 Å². The molecule has 1 nitrogen and oxygen atoms in total. The van der Waals surface area contributed by atoms with Gasteiger partial charge in [0.25, 0.3) is 0 Å². The zero-order chi connectivity index (χ0) is 16.7. The van der Waals surface area contributed by atoms with Crippen LogP contribution in [0, 0.1) is 6.92 Å². The van der Waals surface area contributed by atoms with Crippen molar-refractivity contribution in [3.8, 4) is 0 Å². The summed E-state index contributed by atoms with van der Waals surface area (Å²) in [6, 6.07) is 18.0. The average molecular weight is 336 g/mol. The molecule has 0 saturated carbocycles. The number of piperidine rings is 1. The lowest BCUT2D eigenvalue weighted by Gasteiger charge is -2.32. The zero-order valence-electron chi connectivity index (χ0n) is 14.8. The maximum atomic E-state index is 2.45. The minimum absolute atomic E-state index is 0.0304. The van der Waals surface area contributed by atoms with Crippen LogP contribution in [-0.2, 0) is 4.75 Å². The molecule has 24 heavy (non-hydrogen) atoms. The second-order valence-electron chi connectivity index (χ2n) is 7.28. The third-order valence-electron chi connectivity index (χ3n) is 5.47. The molecule has 1 fully saturated rings. The molecule has 0 N–H and O–H groups in total. The SMILES string of the molecule is Cc1ccc2c(c1)SC(C)(c1ccccc1)C2=C1CCN(C)CC1. The van der Waals surface area contributed by atoms with Crippen molar-refractivity contribution >= 4 is 17.3 Å². The fraction of sp³-hybridized carbons (Fsp3) is 0.364. The van der Waals surface area contributed by atoms with Crippen molar-refractivity contribution in [1.29, 1.82) is 0 Å². The van der Waals surface area contributed by atoms with Gasteiger partial charge in [-0.15, -0.1) is 11.8 Å². The molecule has 4 rings (SSSR count). The summed E-state index contributed by atoms with van der Waals surface area (Å²) in [6.45, 7) is 6.97. The van der Waals surface area contributed by atoms with E-state index in [1.54, 1.807) is 11.1 Å². The summed E-state index contributed by atoms with van der Waals surface area (Å²) in [7, 11) is 2.23. The number of nitrogens with zero attached hydrogens (tertiary/aromatic N) is 1. The van der Waals surface area contributed by atoms with E-state index in [1.807, 2.05) is 11.8 Å². The molecule has 2 heterocycles. The van der Waals surface area contributed by atoms with Crippen LogP contribution in [0.25, 0.3) is 5.57 Å². The van der Waals surface area contributed by atoms with Crippen molar-refractivity contribution in [3.63, 3.8) is 0 Å². The van der Waals surface area contributed by atoms with Crippen molar-refractivity contribution < 1.29 is 0 Å². The largest absolute Gasteiger partial charge is 0.306 e. The van der Waals surface area contributed by atoms with Crippen LogP contribution in [0.5, 0.6) is 0 Å². The number of aryl methyl sites for hydroxylation is 1. The van der Waals surface area contributed by atoms with Gasteiger partial charge in [0.1, 0.15) is 0 Å². The normalized spacial score (nSPS) is 24.3. The van der Waals surface area contributed by atoms with Crippen LogP contribution >= 0.6 is 11.8 Å². The summed E-state index contributed by atoms with van der Waals surface area (Å²) in [5.74, 6) is 0. The highest BCUT2D eigenvalue weighted by Crippen LogP contribution is 2.60. The molecule has 1 atom stereocenters. The first-order valence-electron chi connectivity index (χ1n) is 8.84. The van der Waals surface area contributed by atoms with Gasteiger partial charge in [-0.2, -0.15) is 0 Å². The van der Waals surface area contributed by atoms with Crippen LogP contribution in [-0.4, -0.2) is 25.0 Å². The Morgan fingerprint density at radius 1 is 1.00 bits per heavy atom. The van der Waals surface area contributed by atoms with Gasteiger partial charge in [0, 0.05) is 18.0 Å². The lowest BCUT2D eigenvalue weighted by atomic mass is 9.81. The fourth-order valence-electron chi connectivity index (χ4n) is 4.07. The summed E-state index contributed by atoms with van der Waals surface area (Å²) in [5, 5.41) is 0. The van der Waals surface area contributed by atoms with E-state index >= 15 is 0 Å². The number of thioether (sulfide) groups is 1. The summed E-state index contributed by atoms with van der Waals surface area (Å²) in [4.78, 5) is 3.89. The Morgan fingerprint density at radius 3 is 2.42 bits per heavy atom. The zero-order valence-corrected chi connectivity index (χ0v) is 15.6. The van der Waals surface area contributed by atoms with E-state index in [0.29, 0.717) is 0 Å². The van der Waals surface area contributed by atoms with E-state index in [1.165, 1.54) is 47.5 Å². The Labute approximate surface area is 149 Å². The molecule has 0 spiro atoms. The van der Waals surface area contributed by atoms with Gasteiger partial charge in [-0.1, -0.05) is 48.0 Å². The highest BCUT2D eigenvalue weighted by Gasteiger charge is 2.42.